The predicted octanol–water partition coefficient (Wildman–Crippen LogP) is 2.27. The van der Waals surface area contributed by atoms with E-state index in [0.29, 0.717) is 18.4 Å². The highest BCUT2D eigenvalue weighted by Crippen LogP contribution is 2.22. The number of oxazole rings is 1. The topological polar surface area (TPSA) is 69.9 Å². The van der Waals surface area contributed by atoms with Crippen molar-refractivity contribution in [3.8, 4) is 0 Å². The lowest BCUT2D eigenvalue weighted by Gasteiger charge is -2.03. The standard InChI is InChI=1S/C13H14N4O/c1-8-4-3-5-10-12(8)16-13(14)17(10)7-11-15-6-9(2)18-11/h3-6H,7H2,1-2H3,(H2,14,16). The molecular formula is C13H14N4O. The van der Waals surface area contributed by atoms with Gasteiger partial charge in [-0.3, -0.25) is 0 Å². The van der Waals surface area contributed by atoms with E-state index in [2.05, 4.69) is 9.97 Å². The van der Waals surface area contributed by atoms with Gasteiger partial charge in [0.1, 0.15) is 12.3 Å². The van der Waals surface area contributed by atoms with Gasteiger partial charge >= 0.3 is 0 Å². The van der Waals surface area contributed by atoms with Gasteiger partial charge in [-0.05, 0) is 25.5 Å². The van der Waals surface area contributed by atoms with E-state index in [-0.39, 0.29) is 0 Å². The average molecular weight is 242 g/mol. The smallest absolute Gasteiger partial charge is 0.214 e. The molecule has 0 aliphatic carbocycles. The van der Waals surface area contributed by atoms with Crippen LogP contribution >= 0.6 is 0 Å². The van der Waals surface area contributed by atoms with E-state index in [9.17, 15) is 0 Å². The van der Waals surface area contributed by atoms with Crippen LogP contribution in [0.2, 0.25) is 0 Å². The number of aryl methyl sites for hydroxylation is 2. The fraction of sp³-hybridized carbons (Fsp3) is 0.231. The van der Waals surface area contributed by atoms with Gasteiger partial charge in [0.2, 0.25) is 11.8 Å². The Bertz CT molecular complexity index is 711. The molecule has 3 rings (SSSR count). The van der Waals surface area contributed by atoms with E-state index >= 15 is 0 Å². The molecule has 92 valence electrons. The number of fused-ring (bicyclic) bond motifs is 1. The molecule has 5 heteroatoms. The molecule has 3 aromatic rings. The first kappa shape index (κ1) is 10.8. The van der Waals surface area contributed by atoms with Crippen LogP contribution in [0, 0.1) is 13.8 Å². The van der Waals surface area contributed by atoms with Gasteiger partial charge in [0, 0.05) is 0 Å². The molecule has 0 aliphatic heterocycles. The van der Waals surface area contributed by atoms with Crippen molar-refractivity contribution in [2.75, 3.05) is 5.73 Å². The summed E-state index contributed by atoms with van der Waals surface area (Å²) in [6, 6.07) is 6.02. The maximum atomic E-state index is 5.96. The van der Waals surface area contributed by atoms with Crippen LogP contribution in [-0.2, 0) is 6.54 Å². The Hall–Kier alpha value is -2.30. The van der Waals surface area contributed by atoms with Crippen LogP contribution in [0.15, 0.2) is 28.8 Å². The van der Waals surface area contributed by atoms with Crippen molar-refractivity contribution in [3.63, 3.8) is 0 Å². The van der Waals surface area contributed by atoms with Crippen molar-refractivity contribution < 1.29 is 4.42 Å². The van der Waals surface area contributed by atoms with Gasteiger partial charge in [0.05, 0.1) is 17.2 Å². The summed E-state index contributed by atoms with van der Waals surface area (Å²) in [5.74, 6) is 1.92. The van der Waals surface area contributed by atoms with E-state index in [0.717, 1.165) is 22.4 Å². The Balaban J connectivity index is 2.11. The van der Waals surface area contributed by atoms with Gasteiger partial charge < -0.3 is 14.7 Å². The maximum absolute atomic E-state index is 5.96. The van der Waals surface area contributed by atoms with Crippen molar-refractivity contribution in [2.45, 2.75) is 20.4 Å². The van der Waals surface area contributed by atoms with Crippen LogP contribution in [0.25, 0.3) is 11.0 Å². The number of nitrogens with two attached hydrogens (primary N) is 1. The highest BCUT2D eigenvalue weighted by atomic mass is 16.4. The molecule has 0 aliphatic rings. The van der Waals surface area contributed by atoms with Gasteiger partial charge in [0.25, 0.3) is 0 Å². The molecule has 1 aromatic carbocycles. The summed E-state index contributed by atoms with van der Waals surface area (Å²) in [5.41, 5.74) is 9.00. The second-order valence-corrected chi connectivity index (χ2v) is 4.36. The lowest BCUT2D eigenvalue weighted by molar-refractivity contribution is 0.461. The van der Waals surface area contributed by atoms with E-state index in [1.807, 2.05) is 36.6 Å². The van der Waals surface area contributed by atoms with Crippen LogP contribution in [0.1, 0.15) is 17.2 Å². The summed E-state index contributed by atoms with van der Waals surface area (Å²) in [4.78, 5) is 8.58. The number of hydrogen-bond donors (Lipinski definition) is 1. The molecule has 0 fully saturated rings. The molecule has 0 unspecified atom stereocenters. The van der Waals surface area contributed by atoms with Crippen molar-refractivity contribution in [2.24, 2.45) is 0 Å². The number of benzene rings is 1. The van der Waals surface area contributed by atoms with Crippen LogP contribution < -0.4 is 5.73 Å². The van der Waals surface area contributed by atoms with Crippen molar-refractivity contribution in [3.05, 3.63) is 41.6 Å². The Morgan fingerprint density at radius 2 is 2.17 bits per heavy atom. The summed E-state index contributed by atoms with van der Waals surface area (Å²) in [7, 11) is 0. The monoisotopic (exact) mass is 242 g/mol. The zero-order valence-electron chi connectivity index (χ0n) is 10.3. The zero-order chi connectivity index (χ0) is 12.7. The Morgan fingerprint density at radius 3 is 2.89 bits per heavy atom. The average Bonchev–Trinajstić information content (AvgIpc) is 2.87. The fourth-order valence-electron chi connectivity index (χ4n) is 2.08. The van der Waals surface area contributed by atoms with Gasteiger partial charge in [-0.2, -0.15) is 0 Å². The number of anilines is 1. The quantitative estimate of drug-likeness (QED) is 0.748. The molecule has 0 atom stereocenters. The van der Waals surface area contributed by atoms with Crippen molar-refractivity contribution >= 4 is 17.0 Å². The second-order valence-electron chi connectivity index (χ2n) is 4.36. The number of aromatic nitrogens is 3. The highest BCUT2D eigenvalue weighted by Gasteiger charge is 2.12. The van der Waals surface area contributed by atoms with Gasteiger partial charge in [-0.1, -0.05) is 12.1 Å². The maximum Gasteiger partial charge on any atom is 0.214 e. The van der Waals surface area contributed by atoms with Crippen LogP contribution in [-0.4, -0.2) is 14.5 Å². The van der Waals surface area contributed by atoms with Crippen molar-refractivity contribution in [1.82, 2.24) is 14.5 Å². The molecule has 2 heterocycles. The first-order valence-electron chi connectivity index (χ1n) is 5.78. The highest BCUT2D eigenvalue weighted by molar-refractivity contribution is 5.81. The number of nitrogen functional groups attached to an aromatic ring is 1. The minimum Gasteiger partial charge on any atom is -0.444 e. The molecule has 2 N–H and O–H groups in total. The molecule has 5 nitrogen and oxygen atoms in total. The summed E-state index contributed by atoms with van der Waals surface area (Å²) < 4.78 is 7.39. The van der Waals surface area contributed by atoms with E-state index in [4.69, 9.17) is 10.2 Å². The summed E-state index contributed by atoms with van der Waals surface area (Å²) in [5, 5.41) is 0. The summed E-state index contributed by atoms with van der Waals surface area (Å²) in [6.45, 7) is 4.39. The van der Waals surface area contributed by atoms with Crippen LogP contribution in [0.5, 0.6) is 0 Å². The van der Waals surface area contributed by atoms with Gasteiger partial charge in [0.15, 0.2) is 0 Å². The number of para-hydroxylation sites is 1. The van der Waals surface area contributed by atoms with Crippen LogP contribution in [0.4, 0.5) is 5.95 Å². The lowest BCUT2D eigenvalue weighted by Crippen LogP contribution is -2.04. The normalized spacial score (nSPS) is 11.2. The molecule has 0 amide bonds. The molecule has 2 aromatic heterocycles. The number of imidazole rings is 1. The predicted molar refractivity (Wildman–Crippen MR) is 69.2 cm³/mol. The largest absolute Gasteiger partial charge is 0.444 e. The summed E-state index contributed by atoms with van der Waals surface area (Å²) in [6.07, 6.45) is 1.70. The molecule has 0 bridgehead atoms. The molecule has 0 saturated carbocycles. The minimum atomic E-state index is 0.482. The Kier molecular flexibility index (Phi) is 2.33. The number of hydrogen-bond acceptors (Lipinski definition) is 4. The first-order valence-corrected chi connectivity index (χ1v) is 5.78. The number of nitrogens with zero attached hydrogens (tertiary/aromatic N) is 3. The molecular weight excluding hydrogens is 228 g/mol. The van der Waals surface area contributed by atoms with Crippen molar-refractivity contribution in [1.29, 1.82) is 0 Å². The molecule has 0 saturated heterocycles. The van der Waals surface area contributed by atoms with Gasteiger partial charge in [-0.25, -0.2) is 9.97 Å². The lowest BCUT2D eigenvalue weighted by atomic mass is 10.2. The second kappa shape index (κ2) is 3.87. The molecule has 0 spiro atoms. The summed E-state index contributed by atoms with van der Waals surface area (Å²) >= 11 is 0. The third kappa shape index (κ3) is 1.64. The third-order valence-corrected chi connectivity index (χ3v) is 2.97. The van der Waals surface area contributed by atoms with E-state index in [1.54, 1.807) is 6.20 Å². The van der Waals surface area contributed by atoms with E-state index in [1.165, 1.54) is 0 Å². The first-order chi connectivity index (χ1) is 8.65. The zero-order valence-corrected chi connectivity index (χ0v) is 10.3. The van der Waals surface area contributed by atoms with E-state index < -0.39 is 0 Å². The Labute approximate surface area is 104 Å². The Morgan fingerprint density at radius 1 is 1.33 bits per heavy atom. The van der Waals surface area contributed by atoms with Gasteiger partial charge in [-0.15, -0.1) is 0 Å². The fourth-order valence-corrected chi connectivity index (χ4v) is 2.08. The SMILES string of the molecule is Cc1cnc(Cn2c(N)nc3c(C)cccc32)o1. The minimum absolute atomic E-state index is 0.482. The number of rotatable bonds is 2. The molecule has 18 heavy (non-hydrogen) atoms. The van der Waals surface area contributed by atoms with Crippen LogP contribution in [0.3, 0.4) is 0 Å². The third-order valence-electron chi connectivity index (χ3n) is 2.97. The molecule has 0 radical (unpaired) electrons.